The Morgan fingerprint density at radius 2 is 1.50 bits per heavy atom. The summed E-state index contributed by atoms with van der Waals surface area (Å²) < 4.78 is 1.89. The van der Waals surface area contributed by atoms with E-state index in [1.165, 1.54) is 0 Å². The van der Waals surface area contributed by atoms with Crippen molar-refractivity contribution in [2.45, 2.75) is 6.54 Å². The van der Waals surface area contributed by atoms with E-state index in [1.807, 2.05) is 87.6 Å². The topological polar surface area (TPSA) is 80.9 Å². The van der Waals surface area contributed by atoms with Crippen LogP contribution in [0.15, 0.2) is 108 Å². The first kappa shape index (κ1) is 37.9. The van der Waals surface area contributed by atoms with Crippen LogP contribution in [0.2, 0.25) is 0 Å². The average molecular weight is 684 g/mol. The highest BCUT2D eigenvalue weighted by Gasteiger charge is 2.14. The van der Waals surface area contributed by atoms with Crippen LogP contribution in [0.4, 0.5) is 11.4 Å². The fraction of sp³-hybridized carbons (Fsp3) is 0.263. The molecule has 3 aromatic rings. The smallest absolute Gasteiger partial charge is 0.288 e. The maximum absolute atomic E-state index is 12.7. The summed E-state index contributed by atoms with van der Waals surface area (Å²) in [5, 5.41) is 6.01. The zero-order chi connectivity index (χ0) is 34.6. The van der Waals surface area contributed by atoms with Gasteiger partial charge >= 0.3 is 0 Å². The molecule has 0 radical (unpaired) electrons. The van der Waals surface area contributed by atoms with Gasteiger partial charge < -0.3 is 20.4 Å². The number of rotatable bonds is 19. The first-order valence-corrected chi connectivity index (χ1v) is 18.2. The third-order valence-electron chi connectivity index (χ3n) is 7.15. The molecule has 0 fully saturated rings. The summed E-state index contributed by atoms with van der Waals surface area (Å²) >= 11 is 0. The van der Waals surface area contributed by atoms with Gasteiger partial charge in [-0.3, -0.25) is 14.6 Å². The van der Waals surface area contributed by atoms with Gasteiger partial charge in [-0.1, -0.05) is 82.8 Å². The largest absolute Gasteiger partial charge is 0.388 e. The molecule has 0 aliphatic carbocycles. The van der Waals surface area contributed by atoms with Crippen molar-refractivity contribution in [1.29, 1.82) is 0 Å². The molecule has 2 N–H and O–H groups in total. The van der Waals surface area contributed by atoms with Crippen molar-refractivity contribution in [2.75, 3.05) is 69.5 Å². The van der Waals surface area contributed by atoms with Crippen molar-refractivity contribution in [2.24, 2.45) is 4.99 Å². The van der Waals surface area contributed by atoms with Crippen LogP contribution in [-0.2, 0) is 16.1 Å². The van der Waals surface area contributed by atoms with Crippen LogP contribution >= 0.6 is 21.6 Å². The van der Waals surface area contributed by atoms with Gasteiger partial charge in [0.15, 0.2) is 12.4 Å². The van der Waals surface area contributed by atoms with E-state index in [0.717, 1.165) is 45.1 Å². The molecule has 10 heteroatoms. The van der Waals surface area contributed by atoms with Gasteiger partial charge in [0.2, 0.25) is 12.5 Å². The molecule has 0 spiro atoms. The van der Waals surface area contributed by atoms with Crippen LogP contribution in [0.3, 0.4) is 0 Å². The van der Waals surface area contributed by atoms with Gasteiger partial charge in [-0.05, 0) is 52.6 Å². The van der Waals surface area contributed by atoms with E-state index in [4.69, 9.17) is 0 Å². The maximum Gasteiger partial charge on any atom is 0.288 e. The van der Waals surface area contributed by atoms with Crippen molar-refractivity contribution >= 4 is 69.2 Å². The zero-order valence-corrected chi connectivity index (χ0v) is 30.0. The average Bonchev–Trinajstić information content (AvgIpc) is 3.10. The highest BCUT2D eigenvalue weighted by Crippen LogP contribution is 2.20. The number of allylic oxidation sites excluding steroid dienone is 4. The minimum Gasteiger partial charge on any atom is -0.388 e. The molecule has 252 valence electrons. The maximum atomic E-state index is 12.7. The number of aliphatic imine (C=N–C) groups is 1. The molecule has 0 aliphatic heterocycles. The number of hydrogen-bond acceptors (Lipinski definition) is 7. The fourth-order valence-corrected chi connectivity index (χ4v) is 6.11. The molecule has 0 aliphatic rings. The van der Waals surface area contributed by atoms with Crippen molar-refractivity contribution < 1.29 is 14.2 Å². The van der Waals surface area contributed by atoms with Gasteiger partial charge in [0.05, 0.1) is 0 Å². The van der Waals surface area contributed by atoms with Crippen LogP contribution in [-0.4, -0.2) is 82.3 Å². The van der Waals surface area contributed by atoms with E-state index in [2.05, 4.69) is 75.7 Å². The first-order valence-electron chi connectivity index (χ1n) is 15.8. The highest BCUT2D eigenvalue weighted by atomic mass is 33.1. The summed E-state index contributed by atoms with van der Waals surface area (Å²) in [6.45, 7) is 5.45. The monoisotopic (exact) mass is 683 g/mol. The van der Waals surface area contributed by atoms with E-state index in [9.17, 15) is 9.59 Å². The SMILES string of the molecule is C=CC(/C=C/c1ccc(N(C)C)cc1)=C\C=N\CC(=O)NCCSSCCN(C)C(=O)C[n+]1ccc(/C=C/c2ccc(NC)cc2)cc1. The van der Waals surface area contributed by atoms with Crippen molar-refractivity contribution in [3.05, 3.63) is 120 Å². The van der Waals surface area contributed by atoms with Crippen LogP contribution in [0, 0.1) is 0 Å². The molecule has 0 unspecified atom stereocenters. The van der Waals surface area contributed by atoms with Gasteiger partial charge in [-0.15, -0.1) is 0 Å². The standard InChI is InChI=1S/C38H46N6O2S2/c1-6-31(7-8-33-13-17-36(18-14-33)42(3)4)19-22-40-29-37(45)41-23-27-47-48-28-26-43(5)38(46)30-44-24-20-34(21-25-44)10-9-32-11-15-35(39-2)16-12-32/h6-22,24-25H,1,23,26-30H2,2-5H3,(H,41,45)/p+1/b8-7+,31-19+,40-22+. The molecule has 48 heavy (non-hydrogen) atoms. The molecular formula is C38H47N6O2S2+. The zero-order valence-electron chi connectivity index (χ0n) is 28.3. The molecule has 1 aromatic heterocycles. The number of amides is 2. The molecular weight excluding hydrogens is 637 g/mol. The van der Waals surface area contributed by atoms with E-state index in [1.54, 1.807) is 38.8 Å². The lowest BCUT2D eigenvalue weighted by atomic mass is 10.1. The number of hydrogen-bond donors (Lipinski definition) is 2. The summed E-state index contributed by atoms with van der Waals surface area (Å²) in [6.07, 6.45) is 17.2. The number of likely N-dealkylation sites (N-methyl/N-ethyl adjacent to an activating group) is 1. The highest BCUT2D eigenvalue weighted by molar-refractivity contribution is 8.76. The predicted molar refractivity (Wildman–Crippen MR) is 209 cm³/mol. The van der Waals surface area contributed by atoms with Crippen molar-refractivity contribution in [1.82, 2.24) is 10.2 Å². The Kier molecular flexibility index (Phi) is 16.9. The molecule has 0 bridgehead atoms. The fourth-order valence-electron chi connectivity index (χ4n) is 4.16. The second-order valence-corrected chi connectivity index (χ2v) is 13.7. The summed E-state index contributed by atoms with van der Waals surface area (Å²) in [4.78, 5) is 32.8. The van der Waals surface area contributed by atoms with Crippen molar-refractivity contribution in [3.63, 3.8) is 0 Å². The quantitative estimate of drug-likeness (QED) is 0.0523. The van der Waals surface area contributed by atoms with Crippen LogP contribution in [0.25, 0.3) is 18.2 Å². The predicted octanol–water partition coefficient (Wildman–Crippen LogP) is 6.10. The Balaban J connectivity index is 1.25. The van der Waals surface area contributed by atoms with Crippen LogP contribution < -0.4 is 20.1 Å². The summed E-state index contributed by atoms with van der Waals surface area (Å²) in [7, 11) is 11.1. The molecule has 3 rings (SSSR count). The van der Waals surface area contributed by atoms with Crippen molar-refractivity contribution in [3.8, 4) is 0 Å². The lowest BCUT2D eigenvalue weighted by Gasteiger charge is -2.14. The molecule has 0 atom stereocenters. The lowest BCUT2D eigenvalue weighted by molar-refractivity contribution is -0.685. The first-order chi connectivity index (χ1) is 23.3. The molecule has 0 saturated carbocycles. The Hall–Kier alpha value is -4.54. The summed E-state index contributed by atoms with van der Waals surface area (Å²) in [5.74, 6) is 1.53. The third-order valence-corrected chi connectivity index (χ3v) is 9.54. The number of aromatic nitrogens is 1. The van der Waals surface area contributed by atoms with Gasteiger partial charge in [-0.25, -0.2) is 0 Å². The van der Waals surface area contributed by atoms with E-state index in [-0.39, 0.29) is 18.4 Å². The summed E-state index contributed by atoms with van der Waals surface area (Å²) in [5.41, 5.74) is 6.43. The molecule has 2 amide bonds. The number of nitrogens with one attached hydrogen (secondary N) is 2. The number of benzene rings is 2. The van der Waals surface area contributed by atoms with Gasteiger partial charge in [-0.2, -0.15) is 4.57 Å². The minimum atomic E-state index is -0.117. The Labute approximate surface area is 293 Å². The molecule has 0 saturated heterocycles. The van der Waals surface area contributed by atoms with Gasteiger partial charge in [0.1, 0.15) is 6.54 Å². The van der Waals surface area contributed by atoms with Gasteiger partial charge in [0.25, 0.3) is 5.91 Å². The number of carbonyl (C=O) groups is 2. The lowest BCUT2D eigenvalue weighted by Crippen LogP contribution is -2.43. The second kappa shape index (κ2) is 21.4. The molecule has 2 aromatic carbocycles. The van der Waals surface area contributed by atoms with E-state index >= 15 is 0 Å². The third kappa shape index (κ3) is 14.5. The number of carbonyl (C=O) groups excluding carboxylic acids is 2. The number of nitrogens with zero attached hydrogens (tertiary/aromatic N) is 4. The van der Waals surface area contributed by atoms with E-state index in [0.29, 0.717) is 19.6 Å². The second-order valence-electron chi connectivity index (χ2n) is 11.0. The number of pyridine rings is 1. The number of anilines is 2. The Morgan fingerprint density at radius 1 is 0.875 bits per heavy atom. The van der Waals surface area contributed by atoms with E-state index < -0.39 is 0 Å². The summed E-state index contributed by atoms with van der Waals surface area (Å²) in [6, 6.07) is 20.5. The minimum absolute atomic E-state index is 0.0623. The Bertz CT molecular complexity index is 1560. The van der Waals surface area contributed by atoms with Gasteiger partial charge in [0, 0.05) is 82.5 Å². The molecule has 8 nitrogen and oxygen atoms in total. The normalized spacial score (nSPS) is 11.7. The Morgan fingerprint density at radius 3 is 2.15 bits per heavy atom. The van der Waals surface area contributed by atoms with Crippen LogP contribution in [0.1, 0.15) is 16.7 Å². The van der Waals surface area contributed by atoms with Crippen LogP contribution in [0.5, 0.6) is 0 Å². The molecule has 1 heterocycles.